The third kappa shape index (κ3) is 5.59. The molecule has 2 aliphatic rings. The second-order valence-electron chi connectivity index (χ2n) is 10.8. The molecule has 1 saturated carbocycles. The molecule has 0 unspecified atom stereocenters. The minimum absolute atomic E-state index is 0.0730. The van der Waals surface area contributed by atoms with E-state index in [0.29, 0.717) is 12.8 Å². The molecule has 0 spiro atoms. The number of hydrogen-bond donors (Lipinski definition) is 4. The fourth-order valence-electron chi connectivity index (χ4n) is 5.21. The number of anilines is 1. The molecule has 4 aromatic rings. The van der Waals surface area contributed by atoms with E-state index in [2.05, 4.69) is 20.0 Å². The van der Waals surface area contributed by atoms with Gasteiger partial charge in [-0.1, -0.05) is 11.3 Å². The molecule has 1 fully saturated rings. The van der Waals surface area contributed by atoms with Crippen molar-refractivity contribution in [3.8, 4) is 22.8 Å². The SMILES string of the molecule is Nc1nc2c(OC(F)(F)F)cc(C(=O)NC[C@](O)(c3cc4c(c(-c5ccc(F)cc5)n3)OC[C@@]4(N)C(F)(F)F)C3CC3)cc2s1. The zero-order chi connectivity index (χ0) is 32.5. The van der Waals surface area contributed by atoms with E-state index in [-0.39, 0.29) is 43.6 Å². The van der Waals surface area contributed by atoms with Gasteiger partial charge in [0.1, 0.15) is 29.2 Å². The number of carbonyl (C=O) groups is 1. The minimum Gasteiger partial charge on any atom is -0.488 e. The topological polar surface area (TPSA) is 146 Å². The summed E-state index contributed by atoms with van der Waals surface area (Å²) in [6.45, 7) is -1.56. The summed E-state index contributed by atoms with van der Waals surface area (Å²) in [7, 11) is 0. The smallest absolute Gasteiger partial charge is 0.488 e. The summed E-state index contributed by atoms with van der Waals surface area (Å²) in [5, 5.41) is 14.3. The first kappa shape index (κ1) is 30.8. The van der Waals surface area contributed by atoms with Crippen LogP contribution < -0.4 is 26.3 Å². The number of nitrogens with one attached hydrogen (secondary N) is 1. The molecular weight excluding hydrogens is 635 g/mol. The van der Waals surface area contributed by atoms with E-state index in [4.69, 9.17) is 16.2 Å². The Balaban J connectivity index is 1.39. The number of amides is 1. The number of ether oxygens (including phenoxy) is 2. The number of hydrogen-bond acceptors (Lipinski definition) is 9. The number of fused-ring (bicyclic) bond motifs is 2. The standard InChI is InChI=1S/C28H22F7N5O4S/c29-15-5-1-12(2-6-15)20-22-16(26(37,11-43-22)27(30,31)32)9-19(39-20)25(42,14-3-4-14)10-38-23(41)13-7-17(44-28(33,34)35)21-18(8-13)45-24(36)40-21/h1-2,5-9,14,42H,3-4,10-11,37H2,(H2,36,40)(H,38,41)/t25-,26+/m1/s1. The third-order valence-electron chi connectivity index (χ3n) is 7.70. The lowest BCUT2D eigenvalue weighted by molar-refractivity contribution is -0.274. The van der Waals surface area contributed by atoms with Crippen LogP contribution >= 0.6 is 11.3 Å². The Bertz CT molecular complexity index is 1810. The Morgan fingerprint density at radius 1 is 1.11 bits per heavy atom. The average Bonchev–Trinajstić information content (AvgIpc) is 3.66. The van der Waals surface area contributed by atoms with Crippen LogP contribution in [0.2, 0.25) is 0 Å². The molecule has 0 bridgehead atoms. The van der Waals surface area contributed by atoms with Crippen LogP contribution in [0.5, 0.6) is 11.5 Å². The number of thiazole rings is 1. The summed E-state index contributed by atoms with van der Waals surface area (Å²) in [6, 6.07) is 7.72. The van der Waals surface area contributed by atoms with Gasteiger partial charge in [0, 0.05) is 16.7 Å². The van der Waals surface area contributed by atoms with Crippen LogP contribution in [-0.4, -0.2) is 46.7 Å². The van der Waals surface area contributed by atoms with Crippen molar-refractivity contribution in [2.75, 3.05) is 18.9 Å². The van der Waals surface area contributed by atoms with Crippen LogP contribution in [0, 0.1) is 11.7 Å². The molecule has 1 aliphatic heterocycles. The van der Waals surface area contributed by atoms with Gasteiger partial charge in [-0.3, -0.25) is 4.79 Å². The fourth-order valence-corrected chi connectivity index (χ4v) is 6.00. The summed E-state index contributed by atoms with van der Waals surface area (Å²) in [5.41, 5.74) is 5.23. The Morgan fingerprint density at radius 3 is 2.42 bits per heavy atom. The fraction of sp³-hybridized carbons (Fsp3) is 0.321. The van der Waals surface area contributed by atoms with E-state index in [1.807, 2.05) is 0 Å². The highest BCUT2D eigenvalue weighted by molar-refractivity contribution is 7.22. The first-order valence-electron chi connectivity index (χ1n) is 13.3. The lowest BCUT2D eigenvalue weighted by atomic mass is 9.86. The molecule has 17 heteroatoms. The molecule has 2 atom stereocenters. The summed E-state index contributed by atoms with van der Waals surface area (Å²) >= 11 is 0.814. The highest BCUT2D eigenvalue weighted by atomic mass is 32.1. The van der Waals surface area contributed by atoms with E-state index in [1.54, 1.807) is 0 Å². The van der Waals surface area contributed by atoms with E-state index >= 15 is 0 Å². The molecule has 238 valence electrons. The zero-order valence-electron chi connectivity index (χ0n) is 22.7. The van der Waals surface area contributed by atoms with Gasteiger partial charge in [0.05, 0.1) is 16.9 Å². The Hall–Kier alpha value is -4.22. The summed E-state index contributed by atoms with van der Waals surface area (Å²) in [6.07, 6.45) is -9.23. The number of aliphatic hydroxyl groups is 1. The predicted molar refractivity (Wildman–Crippen MR) is 147 cm³/mol. The molecule has 9 nitrogen and oxygen atoms in total. The summed E-state index contributed by atoms with van der Waals surface area (Å²) in [5.74, 6) is -3.16. The molecule has 0 radical (unpaired) electrons. The number of benzene rings is 2. The van der Waals surface area contributed by atoms with Crippen LogP contribution in [0.4, 0.5) is 35.9 Å². The molecule has 1 aliphatic carbocycles. The number of carbonyl (C=O) groups excluding carboxylic acids is 1. The summed E-state index contributed by atoms with van der Waals surface area (Å²) < 4.78 is 105. The van der Waals surface area contributed by atoms with Crippen molar-refractivity contribution in [2.24, 2.45) is 11.7 Å². The second kappa shape index (κ2) is 10.4. The number of pyridine rings is 1. The van der Waals surface area contributed by atoms with Crippen molar-refractivity contribution < 1.29 is 50.1 Å². The van der Waals surface area contributed by atoms with E-state index in [9.17, 15) is 40.6 Å². The second-order valence-corrected chi connectivity index (χ2v) is 11.9. The molecule has 0 saturated heterocycles. The van der Waals surface area contributed by atoms with Crippen molar-refractivity contribution in [1.82, 2.24) is 15.3 Å². The monoisotopic (exact) mass is 657 g/mol. The maximum absolute atomic E-state index is 14.2. The van der Waals surface area contributed by atoms with Crippen molar-refractivity contribution in [2.45, 2.75) is 36.5 Å². The number of nitrogens with zero attached hydrogens (tertiary/aromatic N) is 2. The first-order chi connectivity index (χ1) is 21.0. The summed E-state index contributed by atoms with van der Waals surface area (Å²) in [4.78, 5) is 21.5. The predicted octanol–water partition coefficient (Wildman–Crippen LogP) is 5.11. The Morgan fingerprint density at radius 2 is 1.80 bits per heavy atom. The van der Waals surface area contributed by atoms with Crippen LogP contribution in [0.25, 0.3) is 21.5 Å². The van der Waals surface area contributed by atoms with E-state index in [1.165, 1.54) is 18.2 Å². The van der Waals surface area contributed by atoms with Crippen LogP contribution in [0.1, 0.15) is 34.5 Å². The molecule has 2 aromatic heterocycles. The van der Waals surface area contributed by atoms with Gasteiger partial charge >= 0.3 is 12.5 Å². The molecule has 6 rings (SSSR count). The van der Waals surface area contributed by atoms with Crippen molar-refractivity contribution >= 4 is 32.6 Å². The van der Waals surface area contributed by atoms with Gasteiger partial charge in [-0.15, -0.1) is 13.2 Å². The molecule has 45 heavy (non-hydrogen) atoms. The van der Waals surface area contributed by atoms with E-state index < -0.39 is 65.8 Å². The first-order valence-corrected chi connectivity index (χ1v) is 14.1. The molecule has 1 amide bonds. The highest BCUT2D eigenvalue weighted by Crippen LogP contribution is 2.52. The van der Waals surface area contributed by atoms with E-state index in [0.717, 1.165) is 35.6 Å². The number of alkyl halides is 6. The molecular formula is C28H22F7N5O4S. The van der Waals surface area contributed by atoms with Gasteiger partial charge < -0.3 is 31.4 Å². The van der Waals surface area contributed by atoms with Crippen LogP contribution in [-0.2, 0) is 11.1 Å². The van der Waals surface area contributed by atoms with Gasteiger partial charge in [-0.2, -0.15) is 13.2 Å². The maximum Gasteiger partial charge on any atom is 0.573 e. The van der Waals surface area contributed by atoms with Gasteiger partial charge in [-0.25, -0.2) is 14.4 Å². The number of halogens is 7. The molecule has 6 N–H and O–H groups in total. The van der Waals surface area contributed by atoms with Crippen molar-refractivity contribution in [3.05, 3.63) is 65.1 Å². The van der Waals surface area contributed by atoms with Crippen LogP contribution in [0.3, 0.4) is 0 Å². The lowest BCUT2D eigenvalue weighted by Gasteiger charge is -2.31. The third-order valence-corrected chi connectivity index (χ3v) is 8.53. The number of nitrogen functional groups attached to an aromatic ring is 1. The zero-order valence-corrected chi connectivity index (χ0v) is 23.5. The lowest BCUT2D eigenvalue weighted by Crippen LogP contribution is -2.52. The highest BCUT2D eigenvalue weighted by Gasteiger charge is 2.59. The maximum atomic E-state index is 14.2. The Kier molecular flexibility index (Phi) is 7.13. The normalized spacial score (nSPS) is 19.6. The van der Waals surface area contributed by atoms with Gasteiger partial charge in [0.25, 0.3) is 5.91 Å². The minimum atomic E-state index is -5.10. The Labute approximate surface area is 253 Å². The van der Waals surface area contributed by atoms with Gasteiger partial charge in [0.2, 0.25) is 0 Å². The number of nitrogens with two attached hydrogens (primary N) is 2. The number of aromatic nitrogens is 2. The van der Waals surface area contributed by atoms with Crippen molar-refractivity contribution in [3.63, 3.8) is 0 Å². The molecule has 3 heterocycles. The molecule has 2 aromatic carbocycles. The van der Waals surface area contributed by atoms with Crippen molar-refractivity contribution in [1.29, 1.82) is 0 Å². The largest absolute Gasteiger partial charge is 0.573 e. The quantitative estimate of drug-likeness (QED) is 0.201. The average molecular weight is 658 g/mol. The van der Waals surface area contributed by atoms with Crippen LogP contribution in [0.15, 0.2) is 42.5 Å². The van der Waals surface area contributed by atoms with Gasteiger partial charge in [0.15, 0.2) is 22.2 Å². The van der Waals surface area contributed by atoms with Gasteiger partial charge in [-0.05, 0) is 61.2 Å². The number of rotatable bonds is 7.